The molecule has 0 spiro atoms. The number of piperidine rings is 3. The summed E-state index contributed by atoms with van der Waals surface area (Å²) >= 11 is 0. The van der Waals surface area contributed by atoms with Gasteiger partial charge in [-0.3, -0.25) is 19.7 Å². The second-order valence-electron chi connectivity index (χ2n) is 7.95. The molecule has 27 heavy (non-hydrogen) atoms. The molecule has 3 fully saturated rings. The first-order valence-corrected chi connectivity index (χ1v) is 9.32. The number of rotatable bonds is 2. The minimum atomic E-state index is -0.881. The predicted molar refractivity (Wildman–Crippen MR) is 89.6 cm³/mol. The quantitative estimate of drug-likeness (QED) is 0.758. The number of carbonyl (C=O) groups excluding carboxylic acids is 3. The van der Waals surface area contributed by atoms with Crippen molar-refractivity contribution in [1.82, 2.24) is 15.5 Å². The van der Waals surface area contributed by atoms with Crippen molar-refractivity contribution in [1.29, 1.82) is 0 Å². The highest BCUT2D eigenvalue weighted by Gasteiger charge is 2.49. The topological polar surface area (TPSA) is 78.5 Å². The van der Waals surface area contributed by atoms with Crippen molar-refractivity contribution in [2.75, 3.05) is 13.1 Å². The molecule has 0 aromatic heterocycles. The van der Waals surface area contributed by atoms with Gasteiger partial charge in [0.05, 0.1) is 5.56 Å². The van der Waals surface area contributed by atoms with E-state index in [9.17, 15) is 23.2 Å². The largest absolute Gasteiger partial charge is 0.322 e. The van der Waals surface area contributed by atoms with Gasteiger partial charge in [0.1, 0.15) is 17.7 Å². The number of halogens is 2. The Labute approximate surface area is 154 Å². The van der Waals surface area contributed by atoms with E-state index in [2.05, 4.69) is 10.6 Å². The summed E-state index contributed by atoms with van der Waals surface area (Å²) in [6, 6.07) is -0.0258. The molecule has 8 heteroatoms. The summed E-state index contributed by atoms with van der Waals surface area (Å²) < 4.78 is 29.3. The van der Waals surface area contributed by atoms with Crippen LogP contribution in [0.5, 0.6) is 0 Å². The van der Waals surface area contributed by atoms with E-state index in [1.54, 1.807) is 0 Å². The number of hydrogen-bond donors (Lipinski definition) is 2. The van der Waals surface area contributed by atoms with Crippen LogP contribution >= 0.6 is 0 Å². The molecule has 2 saturated heterocycles. The van der Waals surface area contributed by atoms with E-state index >= 15 is 0 Å². The highest BCUT2D eigenvalue weighted by Crippen LogP contribution is 2.52. The summed E-state index contributed by atoms with van der Waals surface area (Å²) in [6.45, 7) is 1.59. The molecule has 1 aromatic carbocycles. The molecule has 1 aromatic rings. The number of amides is 3. The third-order valence-corrected chi connectivity index (χ3v) is 6.53. The standard InChI is InChI=1S/C19H19F2N3O3/c20-11-4-12(21)17-10(16(11)15-8-3-9(15)6-22-5-8)7-24(19(17)27)13-1-2-14(25)23-18(13)26/h4,8-9,13,15,22H,1-3,5-7H2,(H,23,25,26). The molecule has 0 radical (unpaired) electrons. The number of fused-ring (bicyclic) bond motifs is 3. The molecule has 3 heterocycles. The lowest BCUT2D eigenvalue weighted by Gasteiger charge is -2.50. The van der Waals surface area contributed by atoms with Gasteiger partial charge in [0.15, 0.2) is 0 Å². The Bertz CT molecular complexity index is 873. The molecular weight excluding hydrogens is 356 g/mol. The minimum Gasteiger partial charge on any atom is -0.322 e. The monoisotopic (exact) mass is 375 g/mol. The Morgan fingerprint density at radius 2 is 1.81 bits per heavy atom. The van der Waals surface area contributed by atoms with Crippen molar-refractivity contribution in [2.24, 2.45) is 11.8 Å². The van der Waals surface area contributed by atoms with Gasteiger partial charge in [0.2, 0.25) is 11.8 Å². The first-order chi connectivity index (χ1) is 13.0. The molecule has 5 rings (SSSR count). The zero-order valence-electron chi connectivity index (χ0n) is 14.6. The second-order valence-corrected chi connectivity index (χ2v) is 7.95. The zero-order chi connectivity index (χ0) is 18.9. The van der Waals surface area contributed by atoms with Gasteiger partial charge in [0, 0.05) is 19.0 Å². The zero-order valence-corrected chi connectivity index (χ0v) is 14.6. The van der Waals surface area contributed by atoms with Gasteiger partial charge in [-0.1, -0.05) is 0 Å². The van der Waals surface area contributed by atoms with Gasteiger partial charge in [-0.2, -0.15) is 0 Å². The molecule has 142 valence electrons. The fourth-order valence-corrected chi connectivity index (χ4v) is 5.27. The Balaban J connectivity index is 1.54. The average Bonchev–Trinajstić information content (AvgIpc) is 2.96. The van der Waals surface area contributed by atoms with Gasteiger partial charge >= 0.3 is 0 Å². The van der Waals surface area contributed by atoms with Gasteiger partial charge in [-0.25, -0.2) is 8.78 Å². The van der Waals surface area contributed by atoms with E-state index in [-0.39, 0.29) is 48.6 Å². The summed E-state index contributed by atoms with van der Waals surface area (Å²) in [4.78, 5) is 37.7. The highest BCUT2D eigenvalue weighted by molar-refractivity contribution is 6.05. The second kappa shape index (κ2) is 5.82. The predicted octanol–water partition coefficient (Wildman–Crippen LogP) is 1.05. The van der Waals surface area contributed by atoms with E-state index in [0.717, 1.165) is 25.6 Å². The number of imide groups is 1. The van der Waals surface area contributed by atoms with Gasteiger partial charge in [0.25, 0.3) is 5.91 Å². The number of carbonyl (C=O) groups is 3. The van der Waals surface area contributed by atoms with Crippen molar-refractivity contribution < 1.29 is 23.2 Å². The summed E-state index contributed by atoms with van der Waals surface area (Å²) in [5, 5.41) is 5.53. The maximum absolute atomic E-state index is 14.8. The van der Waals surface area contributed by atoms with Crippen LogP contribution < -0.4 is 10.6 Å². The molecule has 3 aliphatic heterocycles. The molecule has 2 N–H and O–H groups in total. The molecule has 1 saturated carbocycles. The summed E-state index contributed by atoms with van der Waals surface area (Å²) in [5.74, 6) is -2.47. The van der Waals surface area contributed by atoms with Crippen molar-refractivity contribution in [3.8, 4) is 0 Å². The smallest absolute Gasteiger partial charge is 0.258 e. The molecule has 3 atom stereocenters. The number of nitrogens with one attached hydrogen (secondary N) is 2. The molecule has 3 unspecified atom stereocenters. The maximum atomic E-state index is 14.8. The molecule has 4 aliphatic rings. The average molecular weight is 375 g/mol. The van der Waals surface area contributed by atoms with Crippen LogP contribution in [-0.2, 0) is 16.1 Å². The van der Waals surface area contributed by atoms with Crippen LogP contribution in [0.1, 0.15) is 46.7 Å². The third-order valence-electron chi connectivity index (χ3n) is 6.53. The highest BCUT2D eigenvalue weighted by atomic mass is 19.1. The Morgan fingerprint density at radius 1 is 1.07 bits per heavy atom. The Hall–Kier alpha value is -2.35. The van der Waals surface area contributed by atoms with E-state index in [1.807, 2.05) is 0 Å². The van der Waals surface area contributed by atoms with Crippen molar-refractivity contribution >= 4 is 17.7 Å². The van der Waals surface area contributed by atoms with Crippen LogP contribution in [0.25, 0.3) is 0 Å². The fraction of sp³-hybridized carbons (Fsp3) is 0.526. The van der Waals surface area contributed by atoms with Gasteiger partial charge < -0.3 is 10.2 Å². The van der Waals surface area contributed by atoms with Crippen LogP contribution in [0.4, 0.5) is 8.78 Å². The molecule has 2 bridgehead atoms. The third kappa shape index (κ3) is 2.35. The van der Waals surface area contributed by atoms with Crippen LogP contribution in [-0.4, -0.2) is 41.8 Å². The summed E-state index contributed by atoms with van der Waals surface area (Å²) in [7, 11) is 0. The molecule has 6 nitrogen and oxygen atoms in total. The Morgan fingerprint density at radius 3 is 2.48 bits per heavy atom. The van der Waals surface area contributed by atoms with Crippen LogP contribution in [0.2, 0.25) is 0 Å². The van der Waals surface area contributed by atoms with Crippen LogP contribution in [0.3, 0.4) is 0 Å². The molecule has 1 aliphatic carbocycles. The number of nitrogens with zero attached hydrogens (tertiary/aromatic N) is 1. The van der Waals surface area contributed by atoms with E-state index < -0.39 is 29.5 Å². The first-order valence-electron chi connectivity index (χ1n) is 9.32. The lowest BCUT2D eigenvalue weighted by molar-refractivity contribution is -0.136. The lowest BCUT2D eigenvalue weighted by Crippen LogP contribution is -2.53. The number of benzene rings is 1. The first kappa shape index (κ1) is 16.8. The number of hydrogen-bond acceptors (Lipinski definition) is 4. The summed E-state index contributed by atoms with van der Waals surface area (Å²) in [5.41, 5.74) is 0.704. The molecular formula is C19H19F2N3O3. The van der Waals surface area contributed by atoms with Crippen molar-refractivity contribution in [3.05, 3.63) is 34.4 Å². The van der Waals surface area contributed by atoms with E-state index in [0.29, 0.717) is 11.1 Å². The fourth-order valence-electron chi connectivity index (χ4n) is 5.27. The van der Waals surface area contributed by atoms with E-state index in [1.165, 1.54) is 4.90 Å². The van der Waals surface area contributed by atoms with Crippen LogP contribution in [0.15, 0.2) is 6.07 Å². The normalized spacial score (nSPS) is 32.2. The Kier molecular flexibility index (Phi) is 3.62. The van der Waals surface area contributed by atoms with E-state index in [4.69, 9.17) is 0 Å². The lowest BCUT2D eigenvalue weighted by atomic mass is 9.59. The SMILES string of the molecule is O=C1CCC(N2Cc3c(c(F)cc(F)c3C3C4CNCC3C4)C2=O)C(=O)N1. The molecule has 3 amide bonds. The maximum Gasteiger partial charge on any atom is 0.258 e. The van der Waals surface area contributed by atoms with Crippen LogP contribution in [0, 0.1) is 23.5 Å². The summed E-state index contributed by atoms with van der Waals surface area (Å²) in [6.07, 6.45) is 1.33. The van der Waals surface area contributed by atoms with Crippen molar-refractivity contribution in [3.63, 3.8) is 0 Å². The van der Waals surface area contributed by atoms with Crippen molar-refractivity contribution in [2.45, 2.75) is 37.8 Å². The minimum absolute atomic E-state index is 0.00776. The van der Waals surface area contributed by atoms with Gasteiger partial charge in [-0.15, -0.1) is 0 Å². The van der Waals surface area contributed by atoms with Gasteiger partial charge in [-0.05, 0) is 54.8 Å².